The molecule has 2 aromatic rings. The van der Waals surface area contributed by atoms with Crippen LogP contribution in [0.15, 0.2) is 53.7 Å². The predicted molar refractivity (Wildman–Crippen MR) is 62.0 cm³/mol. The summed E-state index contributed by atoms with van der Waals surface area (Å²) in [6, 6.07) is 11.9. The molecule has 2 rings (SSSR count). The van der Waals surface area contributed by atoms with Gasteiger partial charge in [0.1, 0.15) is 6.26 Å². The Bertz CT molecular complexity index is 442. The standard InChI is InChI=1S/C12H11NOS/c1-15(14)12-7-11(8-13-9-12)10-5-3-2-4-6-10/h2-9H,1H3. The topological polar surface area (TPSA) is 36.0 Å². The highest BCUT2D eigenvalue weighted by Gasteiger charge is 2.06. The van der Waals surface area contributed by atoms with Gasteiger partial charge in [-0.3, -0.25) is 4.98 Å². The monoisotopic (exact) mass is 217 g/mol. The van der Waals surface area contributed by atoms with Crippen LogP contribution in [0.5, 0.6) is 0 Å². The number of pyridine rings is 1. The molecule has 1 unspecified atom stereocenters. The van der Waals surface area contributed by atoms with Crippen molar-refractivity contribution in [2.45, 2.75) is 4.90 Å². The molecule has 1 heterocycles. The van der Waals surface area contributed by atoms with Crippen LogP contribution in [0, 0.1) is 0 Å². The molecular formula is C12H11NOS. The molecule has 0 saturated heterocycles. The van der Waals surface area contributed by atoms with Crippen LogP contribution < -0.4 is 0 Å². The summed E-state index contributed by atoms with van der Waals surface area (Å²) in [7, 11) is 0. The number of aromatic nitrogens is 1. The molecule has 1 aromatic carbocycles. The van der Waals surface area contributed by atoms with Crippen LogP contribution in [-0.4, -0.2) is 15.8 Å². The van der Waals surface area contributed by atoms with E-state index in [9.17, 15) is 4.55 Å². The predicted octanol–water partition coefficient (Wildman–Crippen LogP) is 2.49. The summed E-state index contributed by atoms with van der Waals surface area (Å²) >= 11 is -0.976. The largest absolute Gasteiger partial charge is 0.612 e. The van der Waals surface area contributed by atoms with Crippen molar-refractivity contribution in [1.82, 2.24) is 4.98 Å². The van der Waals surface area contributed by atoms with Gasteiger partial charge in [0.05, 0.1) is 6.20 Å². The van der Waals surface area contributed by atoms with Crippen LogP contribution in [-0.2, 0) is 11.2 Å². The molecule has 1 aromatic heterocycles. The smallest absolute Gasteiger partial charge is 0.171 e. The highest BCUT2D eigenvalue weighted by molar-refractivity contribution is 7.90. The molecule has 1 atom stereocenters. The first-order chi connectivity index (χ1) is 7.27. The first-order valence-electron chi connectivity index (χ1n) is 4.61. The van der Waals surface area contributed by atoms with Crippen LogP contribution in [0.25, 0.3) is 11.1 Å². The average Bonchev–Trinajstić information content (AvgIpc) is 2.30. The maximum absolute atomic E-state index is 11.3. The van der Waals surface area contributed by atoms with Gasteiger partial charge in [0.25, 0.3) is 0 Å². The third-order valence-corrected chi connectivity index (χ3v) is 3.04. The van der Waals surface area contributed by atoms with Gasteiger partial charge in [-0.2, -0.15) is 0 Å². The van der Waals surface area contributed by atoms with E-state index < -0.39 is 11.2 Å². The summed E-state index contributed by atoms with van der Waals surface area (Å²) in [5.41, 5.74) is 2.10. The minimum absolute atomic E-state index is 0.761. The van der Waals surface area contributed by atoms with E-state index in [4.69, 9.17) is 0 Å². The molecule has 0 aliphatic rings. The Kier molecular flexibility index (Phi) is 3.04. The molecular weight excluding hydrogens is 206 g/mol. The molecule has 15 heavy (non-hydrogen) atoms. The summed E-state index contributed by atoms with van der Waals surface area (Å²) < 4.78 is 11.3. The van der Waals surface area contributed by atoms with Crippen molar-refractivity contribution in [1.29, 1.82) is 0 Å². The van der Waals surface area contributed by atoms with E-state index >= 15 is 0 Å². The lowest BCUT2D eigenvalue weighted by atomic mass is 10.1. The number of hydrogen-bond acceptors (Lipinski definition) is 2. The highest BCUT2D eigenvalue weighted by Crippen LogP contribution is 2.20. The lowest BCUT2D eigenvalue weighted by Gasteiger charge is -2.05. The Labute approximate surface area is 92.2 Å². The van der Waals surface area contributed by atoms with Gasteiger partial charge in [-0.05, 0) is 16.7 Å². The Balaban J connectivity index is 2.42. The molecule has 0 radical (unpaired) electrons. The minimum atomic E-state index is -0.976. The van der Waals surface area contributed by atoms with Gasteiger partial charge in [-0.1, -0.05) is 30.3 Å². The van der Waals surface area contributed by atoms with Gasteiger partial charge >= 0.3 is 0 Å². The number of hydrogen-bond donors (Lipinski definition) is 0. The van der Waals surface area contributed by atoms with E-state index in [2.05, 4.69) is 4.98 Å². The van der Waals surface area contributed by atoms with E-state index in [1.54, 1.807) is 18.6 Å². The summed E-state index contributed by atoms with van der Waals surface area (Å²) in [5.74, 6) is 0. The second-order valence-corrected chi connectivity index (χ2v) is 4.61. The van der Waals surface area contributed by atoms with Gasteiger partial charge in [-0.25, -0.2) is 0 Å². The van der Waals surface area contributed by atoms with Gasteiger partial charge in [0, 0.05) is 17.8 Å². The first-order valence-corrected chi connectivity index (χ1v) is 6.17. The maximum atomic E-state index is 11.3. The van der Waals surface area contributed by atoms with Crippen molar-refractivity contribution in [3.63, 3.8) is 0 Å². The van der Waals surface area contributed by atoms with Crippen LogP contribution in [0.2, 0.25) is 0 Å². The van der Waals surface area contributed by atoms with E-state index in [-0.39, 0.29) is 0 Å². The number of rotatable bonds is 2. The molecule has 76 valence electrons. The molecule has 0 aliphatic carbocycles. The van der Waals surface area contributed by atoms with Crippen molar-refractivity contribution >= 4 is 11.2 Å². The minimum Gasteiger partial charge on any atom is -0.612 e. The summed E-state index contributed by atoms with van der Waals surface area (Å²) in [6.45, 7) is 0. The molecule has 0 fully saturated rings. The fourth-order valence-electron chi connectivity index (χ4n) is 1.36. The molecule has 0 N–H and O–H groups in total. The van der Waals surface area contributed by atoms with Crippen molar-refractivity contribution in [2.24, 2.45) is 0 Å². The van der Waals surface area contributed by atoms with Crippen molar-refractivity contribution < 1.29 is 4.55 Å². The third kappa shape index (κ3) is 2.37. The SMILES string of the molecule is C[S+]([O-])c1cncc(-c2ccccc2)c1. The Morgan fingerprint density at radius 1 is 1.07 bits per heavy atom. The van der Waals surface area contributed by atoms with Crippen molar-refractivity contribution in [3.05, 3.63) is 48.8 Å². The van der Waals surface area contributed by atoms with Crippen LogP contribution in [0.3, 0.4) is 0 Å². The van der Waals surface area contributed by atoms with Crippen molar-refractivity contribution in [2.75, 3.05) is 6.26 Å². The quantitative estimate of drug-likeness (QED) is 0.724. The molecule has 0 saturated carbocycles. The molecule has 0 spiro atoms. The Morgan fingerprint density at radius 2 is 1.80 bits per heavy atom. The Morgan fingerprint density at radius 3 is 2.47 bits per heavy atom. The van der Waals surface area contributed by atoms with E-state index in [0.717, 1.165) is 16.0 Å². The van der Waals surface area contributed by atoms with Crippen molar-refractivity contribution in [3.8, 4) is 11.1 Å². The zero-order valence-corrected chi connectivity index (χ0v) is 9.20. The fraction of sp³-hybridized carbons (Fsp3) is 0.0833. The van der Waals surface area contributed by atoms with E-state index in [0.29, 0.717) is 0 Å². The normalized spacial score (nSPS) is 12.4. The highest BCUT2D eigenvalue weighted by atomic mass is 32.2. The molecule has 3 heteroatoms. The maximum Gasteiger partial charge on any atom is 0.171 e. The summed E-state index contributed by atoms with van der Waals surface area (Å²) in [6.07, 6.45) is 5.08. The molecule has 0 amide bonds. The summed E-state index contributed by atoms with van der Waals surface area (Å²) in [4.78, 5) is 4.85. The average molecular weight is 217 g/mol. The van der Waals surface area contributed by atoms with Gasteiger partial charge < -0.3 is 4.55 Å². The third-order valence-electron chi connectivity index (χ3n) is 2.15. The zero-order valence-electron chi connectivity index (χ0n) is 8.38. The molecule has 0 bridgehead atoms. The van der Waals surface area contributed by atoms with Crippen LogP contribution >= 0.6 is 0 Å². The van der Waals surface area contributed by atoms with Gasteiger partial charge in [-0.15, -0.1) is 0 Å². The number of benzene rings is 1. The molecule has 2 nitrogen and oxygen atoms in total. The lowest BCUT2D eigenvalue weighted by molar-refractivity contribution is 0.600. The second kappa shape index (κ2) is 4.47. The van der Waals surface area contributed by atoms with Gasteiger partial charge in [0.2, 0.25) is 0 Å². The number of nitrogens with zero attached hydrogens (tertiary/aromatic N) is 1. The van der Waals surface area contributed by atoms with Crippen LogP contribution in [0.4, 0.5) is 0 Å². The zero-order chi connectivity index (χ0) is 10.7. The second-order valence-electron chi connectivity index (χ2n) is 3.23. The molecule has 0 aliphatic heterocycles. The van der Waals surface area contributed by atoms with E-state index in [1.807, 2.05) is 36.4 Å². The van der Waals surface area contributed by atoms with Crippen LogP contribution in [0.1, 0.15) is 0 Å². The summed E-state index contributed by atoms with van der Waals surface area (Å²) in [5, 5.41) is 0. The fourth-order valence-corrected chi connectivity index (χ4v) is 1.87. The van der Waals surface area contributed by atoms with Gasteiger partial charge in [0.15, 0.2) is 4.90 Å². The van der Waals surface area contributed by atoms with E-state index in [1.165, 1.54) is 0 Å². The lowest BCUT2D eigenvalue weighted by Crippen LogP contribution is -1.97. The Hall–Kier alpha value is -1.32. The first kappa shape index (κ1) is 10.2.